The quantitative estimate of drug-likeness (QED) is 0.0704. The summed E-state index contributed by atoms with van der Waals surface area (Å²) in [5, 5.41) is 56.7. The summed E-state index contributed by atoms with van der Waals surface area (Å²) < 4.78 is 0. The molecule has 744 valence electrons. The van der Waals surface area contributed by atoms with Crippen molar-refractivity contribution in [2.75, 3.05) is 0 Å². The van der Waals surface area contributed by atoms with Crippen LogP contribution in [-0.4, -0.2) is 25.5 Å². The number of benzene rings is 10. The highest BCUT2D eigenvalue weighted by Gasteiger charge is 2.53. The highest BCUT2D eigenvalue weighted by molar-refractivity contribution is 5.78. The van der Waals surface area contributed by atoms with Gasteiger partial charge in [-0.05, 0) is 437 Å². The van der Waals surface area contributed by atoms with Gasteiger partial charge in [0, 0.05) is 27.8 Å². The van der Waals surface area contributed by atoms with Crippen LogP contribution in [0, 0.1) is 71.0 Å². The third kappa shape index (κ3) is 21.8. The molecule has 8 bridgehead atoms. The van der Waals surface area contributed by atoms with Gasteiger partial charge in [-0.2, -0.15) is 0 Å². The molecule has 10 aromatic carbocycles. The second kappa shape index (κ2) is 45.5. The Labute approximate surface area is 849 Å². The molecule has 16 fully saturated rings. The van der Waals surface area contributed by atoms with Gasteiger partial charge in [-0.1, -0.05) is 336 Å². The summed E-state index contributed by atoms with van der Waals surface area (Å²) in [5.74, 6) is 20.6. The van der Waals surface area contributed by atoms with Crippen molar-refractivity contribution in [1.82, 2.24) is 0 Å². The zero-order valence-corrected chi connectivity index (χ0v) is 85.8. The fourth-order valence-corrected chi connectivity index (χ4v) is 33.8. The van der Waals surface area contributed by atoms with E-state index in [-0.39, 0.29) is 0 Å². The van der Waals surface area contributed by atoms with Crippen LogP contribution >= 0.6 is 0 Å². The third-order valence-corrected chi connectivity index (χ3v) is 41.2. The Morgan fingerprint density at radius 2 is 0.397 bits per heavy atom. The van der Waals surface area contributed by atoms with Gasteiger partial charge < -0.3 is 25.5 Å². The van der Waals surface area contributed by atoms with Gasteiger partial charge in [0.05, 0.1) is 0 Å². The number of hydrogen-bond donors (Lipinski definition) is 5. The van der Waals surface area contributed by atoms with Crippen LogP contribution < -0.4 is 0 Å². The van der Waals surface area contributed by atoms with E-state index in [4.69, 9.17) is 0 Å². The van der Waals surface area contributed by atoms with Crippen LogP contribution in [0.2, 0.25) is 0 Å². The lowest BCUT2D eigenvalue weighted by Crippen LogP contribution is -2.29. The maximum Gasteiger partial charge on any atom is 0.126 e. The number of fused-ring (bicyclic) bond motifs is 14. The second-order valence-electron chi connectivity index (χ2n) is 49.2. The summed E-state index contributed by atoms with van der Waals surface area (Å²) in [6.07, 6.45) is 73.4. The van der Waals surface area contributed by atoms with Crippen molar-refractivity contribution >= 4 is 0 Å². The Morgan fingerprint density at radius 3 is 0.716 bits per heavy atom. The van der Waals surface area contributed by atoms with E-state index in [1.807, 2.05) is 0 Å². The van der Waals surface area contributed by atoms with E-state index in [2.05, 4.69) is 212 Å². The molecule has 0 aromatic heterocycles. The molecule has 16 saturated carbocycles. The maximum absolute atomic E-state index is 11.7. The summed E-state index contributed by atoms with van der Waals surface area (Å²) in [4.78, 5) is 0. The van der Waals surface area contributed by atoms with Gasteiger partial charge in [-0.25, -0.2) is 0 Å². The molecule has 16 unspecified atom stereocenters. The van der Waals surface area contributed by atoms with E-state index in [0.29, 0.717) is 82.0 Å². The molecule has 0 amide bonds. The Kier molecular flexibility index (Phi) is 31.3. The number of phenolic OH excluding ortho intramolecular Hbond substituents is 5. The molecular formula is C136H170O5. The summed E-state index contributed by atoms with van der Waals surface area (Å²) in [7, 11) is 0. The molecule has 10 aromatic rings. The Morgan fingerprint density at radius 1 is 0.156 bits per heavy atom. The van der Waals surface area contributed by atoms with E-state index in [1.54, 1.807) is 5.56 Å². The van der Waals surface area contributed by atoms with Crippen molar-refractivity contribution < 1.29 is 25.5 Å². The van der Waals surface area contributed by atoms with Crippen LogP contribution in [0.25, 0.3) is 55.6 Å². The normalized spacial score (nSPS) is 29.0. The van der Waals surface area contributed by atoms with Crippen molar-refractivity contribution in [3.8, 4) is 84.4 Å². The third-order valence-electron chi connectivity index (χ3n) is 41.2. The van der Waals surface area contributed by atoms with E-state index < -0.39 is 0 Å². The second-order valence-corrected chi connectivity index (χ2v) is 49.2. The average molecular weight is 1880 g/mol. The van der Waals surface area contributed by atoms with E-state index in [0.717, 1.165) is 127 Å². The zero-order chi connectivity index (χ0) is 95.1. The standard InChI is InChI=1S/C34H42O.2C26H34O.2C25H30O/c35-34-32(20-4-2-1-3-5-20)18-27(21-10-12-28-22-6-8-24(14-22)30(28)16-21)19-33(34)26-11-13-29-23-7-9-25(15-23)31(29)17-26;27-26-24(21-14-6-2-1-3-7-15-21)18-23(20-12-8-4-9-13-20)19-25(26)22-16-10-5-11-17-22;27-26-24(21-14-8-4-9-15-21)18-23(20-12-6-2-1-3-7-13-20)19-25(26)22-16-10-5-11-17-22;26-25-23(18-7-3-1-4-8-18)15-21(22-14-17-11-12-20(22)13-17)16-24(25)19-9-5-2-6-10-19;26-25-23(19-9-5-2-6-10-19)15-21(18-7-3-1-4-8-18)16-24(25)22-14-17-11-12-20(22)13-17/h1-5,18-19,21-26,28-31,35H,6-17H2;5,10-11,16-21,27H,1-4,6-9,12-15H2;4,8-9,14-15,18-20,22,27H,1-3,5-7,10-13,16-17H2;1,3-4,7-8,15-17,19-20,22,26H,2,5-6,9-14H2;2,5-6,9-10,15-18,20,22,26H,1,3-4,7-8,11-14H2. The molecule has 26 rings (SSSR count). The van der Waals surface area contributed by atoms with Crippen LogP contribution in [0.4, 0.5) is 0 Å². The minimum atomic E-state index is 0.524. The van der Waals surface area contributed by atoms with Crippen LogP contribution in [0.15, 0.2) is 212 Å². The molecule has 5 heteroatoms. The highest BCUT2D eigenvalue weighted by Crippen LogP contribution is 2.65. The minimum absolute atomic E-state index is 0.524. The largest absolute Gasteiger partial charge is 0.507 e. The summed E-state index contributed by atoms with van der Waals surface area (Å²) in [6, 6.07) is 76.5. The fourth-order valence-electron chi connectivity index (χ4n) is 33.8. The average Bonchev–Trinajstić information content (AvgIpc) is 1.44. The Bertz CT molecular complexity index is 5640. The van der Waals surface area contributed by atoms with Gasteiger partial charge in [-0.15, -0.1) is 0 Å². The van der Waals surface area contributed by atoms with E-state index in [9.17, 15) is 25.5 Å². The molecule has 5 N–H and O–H groups in total. The molecule has 0 radical (unpaired) electrons. The molecule has 16 aliphatic carbocycles. The number of rotatable bonds is 15. The summed E-state index contributed by atoms with van der Waals surface area (Å²) >= 11 is 0. The molecule has 5 nitrogen and oxygen atoms in total. The van der Waals surface area contributed by atoms with Gasteiger partial charge in [0.1, 0.15) is 28.7 Å². The first-order chi connectivity index (χ1) is 69.5. The molecular weight excluding hydrogens is 1710 g/mol. The minimum Gasteiger partial charge on any atom is -0.507 e. The molecule has 16 atom stereocenters. The predicted molar refractivity (Wildman–Crippen MR) is 586 cm³/mol. The first kappa shape index (κ1) is 97.0. The summed E-state index contributed by atoms with van der Waals surface area (Å²) in [5.41, 5.74) is 24.9. The Hall–Kier alpha value is -8.80. The summed E-state index contributed by atoms with van der Waals surface area (Å²) in [6.45, 7) is 0. The molecule has 0 spiro atoms. The fraction of sp³-hybridized carbons (Fsp3) is 0.559. The lowest BCUT2D eigenvalue weighted by Gasteiger charge is -2.41. The lowest BCUT2D eigenvalue weighted by atomic mass is 9.64. The maximum atomic E-state index is 11.7. The SMILES string of the molecule is Oc1c(-c2ccccc2)cc(C2CC3CCC2C3)cc1C1CCCCC1.Oc1c(-c2ccccc2)cc(C2CCC3C4CCC(C4)C3C2)cc1C1CCC2C3CCC(C3)C2C1.Oc1c(-c2ccccc2)cc(C2CCCCC2)cc1C1CC2CCC1C2.Oc1c(-c2ccccc2)cc(C2CCCCC2)cc1C1CCCCCCC1.Oc1c(-c2ccccc2)cc(C2CCCCCCC2)cc1C1CCCCC1. The molecule has 141 heavy (non-hydrogen) atoms. The smallest absolute Gasteiger partial charge is 0.126 e. The molecule has 0 saturated heterocycles. The Balaban J connectivity index is 0.000000102. The van der Waals surface area contributed by atoms with Gasteiger partial charge in [0.25, 0.3) is 0 Å². The van der Waals surface area contributed by atoms with Gasteiger partial charge >= 0.3 is 0 Å². The van der Waals surface area contributed by atoms with Crippen LogP contribution in [0.5, 0.6) is 28.7 Å². The highest BCUT2D eigenvalue weighted by atomic mass is 16.3. The van der Waals surface area contributed by atoms with Crippen molar-refractivity contribution in [2.24, 2.45) is 71.0 Å². The first-order valence-corrected chi connectivity index (χ1v) is 59.1. The predicted octanol–water partition coefficient (Wildman–Crippen LogP) is 38.8. The van der Waals surface area contributed by atoms with Gasteiger partial charge in [-0.3, -0.25) is 0 Å². The van der Waals surface area contributed by atoms with Gasteiger partial charge in [0.15, 0.2) is 0 Å². The number of aromatic hydroxyl groups is 5. The first-order valence-electron chi connectivity index (χ1n) is 59.1. The van der Waals surface area contributed by atoms with Crippen molar-refractivity contribution in [1.29, 1.82) is 0 Å². The van der Waals surface area contributed by atoms with Crippen molar-refractivity contribution in [3.05, 3.63) is 268 Å². The van der Waals surface area contributed by atoms with E-state index >= 15 is 0 Å². The topological polar surface area (TPSA) is 101 Å². The zero-order valence-electron chi connectivity index (χ0n) is 85.8. The van der Waals surface area contributed by atoms with Gasteiger partial charge in [0.2, 0.25) is 0 Å². The molecule has 16 aliphatic rings. The van der Waals surface area contributed by atoms with Crippen molar-refractivity contribution in [2.45, 2.75) is 406 Å². The number of hydrogen-bond acceptors (Lipinski definition) is 5. The molecule has 0 aliphatic heterocycles. The number of phenols is 5. The lowest BCUT2D eigenvalue weighted by molar-refractivity contribution is 0.141. The van der Waals surface area contributed by atoms with E-state index in [1.165, 1.54) is 402 Å². The molecule has 0 heterocycles. The van der Waals surface area contributed by atoms with Crippen LogP contribution in [0.3, 0.4) is 0 Å². The van der Waals surface area contributed by atoms with Crippen molar-refractivity contribution in [3.63, 3.8) is 0 Å². The van der Waals surface area contributed by atoms with Crippen LogP contribution in [-0.2, 0) is 0 Å². The monoisotopic (exact) mass is 1880 g/mol. The van der Waals surface area contributed by atoms with Crippen LogP contribution in [0.1, 0.15) is 462 Å².